The Morgan fingerprint density at radius 2 is 1.94 bits per heavy atom. The molecule has 0 aliphatic carbocycles. The molecular weight excluding hydrogens is 292 g/mol. The van der Waals surface area contributed by atoms with Gasteiger partial charge in [0, 0.05) is 24.1 Å². The summed E-state index contributed by atoms with van der Waals surface area (Å²) in [6.07, 6.45) is 3.56. The summed E-state index contributed by atoms with van der Waals surface area (Å²) in [4.78, 5) is 13.9. The first-order valence-electron chi connectivity index (χ1n) is 6.49. The highest BCUT2D eigenvalue weighted by Crippen LogP contribution is 2.15. The van der Waals surface area contributed by atoms with Gasteiger partial charge in [-0.2, -0.15) is 0 Å². The van der Waals surface area contributed by atoms with E-state index in [4.69, 9.17) is 0 Å². The van der Waals surface area contributed by atoms with Gasteiger partial charge >= 0.3 is 0 Å². The van der Waals surface area contributed by atoms with Crippen LogP contribution in [0.3, 0.4) is 0 Å². The van der Waals surface area contributed by atoms with E-state index in [0.29, 0.717) is 6.54 Å². The number of amides is 1. The molecule has 1 aliphatic rings. The standard InChI is InChI=1S/C14H19BrN2O/c15-13-7-3-2-6-12(13)10-16-11-14(18)17-8-4-1-5-9-17/h2-3,6-7,16H,1,4-5,8-11H2. The highest BCUT2D eigenvalue weighted by molar-refractivity contribution is 9.10. The van der Waals surface area contributed by atoms with E-state index < -0.39 is 0 Å². The molecule has 4 heteroatoms. The van der Waals surface area contributed by atoms with Crippen LogP contribution in [0.5, 0.6) is 0 Å². The van der Waals surface area contributed by atoms with Crippen molar-refractivity contribution in [2.24, 2.45) is 0 Å². The van der Waals surface area contributed by atoms with E-state index in [9.17, 15) is 4.79 Å². The van der Waals surface area contributed by atoms with Gasteiger partial charge in [-0.1, -0.05) is 34.1 Å². The Kier molecular flexibility index (Phi) is 5.20. The van der Waals surface area contributed by atoms with Gasteiger partial charge in [-0.3, -0.25) is 4.79 Å². The average Bonchev–Trinajstić information content (AvgIpc) is 2.42. The van der Waals surface area contributed by atoms with E-state index in [1.165, 1.54) is 12.0 Å². The predicted molar refractivity (Wildman–Crippen MR) is 76.3 cm³/mol. The molecule has 1 aromatic rings. The van der Waals surface area contributed by atoms with Crippen LogP contribution < -0.4 is 5.32 Å². The van der Waals surface area contributed by atoms with Crippen LogP contribution in [-0.4, -0.2) is 30.4 Å². The van der Waals surface area contributed by atoms with Gasteiger partial charge in [0.2, 0.25) is 5.91 Å². The number of carbonyl (C=O) groups is 1. The maximum Gasteiger partial charge on any atom is 0.236 e. The number of carbonyl (C=O) groups excluding carboxylic acids is 1. The van der Waals surface area contributed by atoms with E-state index in [-0.39, 0.29) is 5.91 Å². The molecule has 0 aromatic heterocycles. The van der Waals surface area contributed by atoms with Crippen LogP contribution in [0, 0.1) is 0 Å². The molecule has 0 spiro atoms. The zero-order valence-electron chi connectivity index (χ0n) is 10.5. The van der Waals surface area contributed by atoms with Crippen molar-refractivity contribution in [1.29, 1.82) is 0 Å². The minimum Gasteiger partial charge on any atom is -0.342 e. The fourth-order valence-corrected chi connectivity index (χ4v) is 2.63. The first kappa shape index (κ1) is 13.6. The summed E-state index contributed by atoms with van der Waals surface area (Å²) >= 11 is 3.50. The quantitative estimate of drug-likeness (QED) is 0.927. The summed E-state index contributed by atoms with van der Waals surface area (Å²) in [7, 11) is 0. The maximum atomic E-state index is 11.9. The van der Waals surface area contributed by atoms with E-state index >= 15 is 0 Å². The molecule has 98 valence electrons. The number of nitrogens with zero attached hydrogens (tertiary/aromatic N) is 1. The molecule has 1 aromatic carbocycles. The second-order valence-electron chi connectivity index (χ2n) is 4.64. The van der Waals surface area contributed by atoms with Crippen LogP contribution in [0.1, 0.15) is 24.8 Å². The first-order valence-corrected chi connectivity index (χ1v) is 7.28. The Bertz CT molecular complexity index is 403. The molecule has 1 fully saturated rings. The van der Waals surface area contributed by atoms with Gasteiger partial charge in [0.15, 0.2) is 0 Å². The summed E-state index contributed by atoms with van der Waals surface area (Å²) in [6, 6.07) is 8.08. The zero-order chi connectivity index (χ0) is 12.8. The Hall–Kier alpha value is -0.870. The SMILES string of the molecule is O=C(CNCc1ccccc1Br)N1CCCCC1. The van der Waals surface area contributed by atoms with Crippen LogP contribution in [0.2, 0.25) is 0 Å². The normalized spacial score (nSPS) is 15.7. The highest BCUT2D eigenvalue weighted by atomic mass is 79.9. The lowest BCUT2D eigenvalue weighted by molar-refractivity contribution is -0.131. The molecule has 1 amide bonds. The van der Waals surface area contributed by atoms with Crippen molar-refractivity contribution in [3.05, 3.63) is 34.3 Å². The number of hydrogen-bond donors (Lipinski definition) is 1. The number of rotatable bonds is 4. The van der Waals surface area contributed by atoms with Gasteiger partial charge < -0.3 is 10.2 Å². The second-order valence-corrected chi connectivity index (χ2v) is 5.49. The van der Waals surface area contributed by atoms with Crippen molar-refractivity contribution >= 4 is 21.8 Å². The molecule has 18 heavy (non-hydrogen) atoms. The Balaban J connectivity index is 1.75. The molecule has 0 bridgehead atoms. The molecule has 0 radical (unpaired) electrons. The fraction of sp³-hybridized carbons (Fsp3) is 0.500. The summed E-state index contributed by atoms with van der Waals surface area (Å²) in [5, 5.41) is 3.22. The van der Waals surface area contributed by atoms with E-state index in [1.54, 1.807) is 0 Å². The Labute approximate surface area is 117 Å². The van der Waals surface area contributed by atoms with Crippen LogP contribution in [0.4, 0.5) is 0 Å². The Morgan fingerprint density at radius 3 is 2.67 bits per heavy atom. The number of benzene rings is 1. The van der Waals surface area contributed by atoms with Gasteiger partial charge in [0.05, 0.1) is 6.54 Å². The molecule has 2 rings (SSSR count). The van der Waals surface area contributed by atoms with Crippen molar-refractivity contribution in [2.45, 2.75) is 25.8 Å². The lowest BCUT2D eigenvalue weighted by atomic mass is 10.1. The largest absolute Gasteiger partial charge is 0.342 e. The molecule has 1 saturated heterocycles. The number of piperidine rings is 1. The van der Waals surface area contributed by atoms with Gasteiger partial charge in [-0.25, -0.2) is 0 Å². The Morgan fingerprint density at radius 1 is 1.22 bits per heavy atom. The third kappa shape index (κ3) is 3.82. The van der Waals surface area contributed by atoms with Gasteiger partial charge in [-0.15, -0.1) is 0 Å². The smallest absolute Gasteiger partial charge is 0.236 e. The van der Waals surface area contributed by atoms with E-state index in [1.807, 2.05) is 23.1 Å². The monoisotopic (exact) mass is 310 g/mol. The van der Waals surface area contributed by atoms with Crippen molar-refractivity contribution in [2.75, 3.05) is 19.6 Å². The molecule has 0 unspecified atom stereocenters. The molecule has 3 nitrogen and oxygen atoms in total. The third-order valence-corrected chi connectivity index (χ3v) is 4.03. The van der Waals surface area contributed by atoms with Gasteiger partial charge in [0.25, 0.3) is 0 Å². The van der Waals surface area contributed by atoms with E-state index in [2.05, 4.69) is 27.3 Å². The number of hydrogen-bond acceptors (Lipinski definition) is 2. The minimum absolute atomic E-state index is 0.224. The van der Waals surface area contributed by atoms with Crippen LogP contribution in [-0.2, 0) is 11.3 Å². The molecule has 0 atom stereocenters. The van der Waals surface area contributed by atoms with Crippen molar-refractivity contribution in [3.8, 4) is 0 Å². The molecular formula is C14H19BrN2O. The molecule has 1 aliphatic heterocycles. The van der Waals surface area contributed by atoms with Crippen molar-refractivity contribution in [1.82, 2.24) is 10.2 Å². The summed E-state index contributed by atoms with van der Waals surface area (Å²) in [6.45, 7) is 3.01. The lowest BCUT2D eigenvalue weighted by Crippen LogP contribution is -2.40. The van der Waals surface area contributed by atoms with Gasteiger partial charge in [0.1, 0.15) is 0 Å². The zero-order valence-corrected chi connectivity index (χ0v) is 12.1. The number of likely N-dealkylation sites (tertiary alicyclic amines) is 1. The summed E-state index contributed by atoms with van der Waals surface area (Å²) < 4.78 is 1.09. The average molecular weight is 311 g/mol. The number of nitrogens with one attached hydrogen (secondary N) is 1. The first-order chi connectivity index (χ1) is 8.77. The third-order valence-electron chi connectivity index (χ3n) is 3.26. The number of halogens is 1. The molecule has 1 heterocycles. The minimum atomic E-state index is 0.224. The maximum absolute atomic E-state index is 11.9. The second kappa shape index (κ2) is 6.90. The topological polar surface area (TPSA) is 32.3 Å². The molecule has 1 N–H and O–H groups in total. The molecule has 0 saturated carbocycles. The van der Waals surface area contributed by atoms with Crippen molar-refractivity contribution in [3.63, 3.8) is 0 Å². The van der Waals surface area contributed by atoms with Crippen molar-refractivity contribution < 1.29 is 4.79 Å². The van der Waals surface area contributed by atoms with Crippen LogP contribution in [0.25, 0.3) is 0 Å². The fourth-order valence-electron chi connectivity index (χ4n) is 2.20. The van der Waals surface area contributed by atoms with E-state index in [0.717, 1.165) is 36.9 Å². The van der Waals surface area contributed by atoms with Crippen LogP contribution >= 0.6 is 15.9 Å². The van der Waals surface area contributed by atoms with Crippen LogP contribution in [0.15, 0.2) is 28.7 Å². The highest BCUT2D eigenvalue weighted by Gasteiger charge is 2.15. The summed E-state index contributed by atoms with van der Waals surface area (Å²) in [5.74, 6) is 0.224. The predicted octanol–water partition coefficient (Wildman–Crippen LogP) is 2.55. The summed E-state index contributed by atoms with van der Waals surface area (Å²) in [5.41, 5.74) is 1.18. The van der Waals surface area contributed by atoms with Gasteiger partial charge in [-0.05, 0) is 30.9 Å². The lowest BCUT2D eigenvalue weighted by Gasteiger charge is -2.26.